The van der Waals surface area contributed by atoms with Crippen LogP contribution in [0.25, 0.3) is 0 Å². The van der Waals surface area contributed by atoms with Gasteiger partial charge < -0.3 is 10.1 Å². The molecule has 0 radical (unpaired) electrons. The predicted molar refractivity (Wildman–Crippen MR) is 82.4 cm³/mol. The molecule has 0 spiro atoms. The first-order valence-corrected chi connectivity index (χ1v) is 9.12. The molecule has 1 aromatic carbocycles. The molecule has 22 heavy (non-hydrogen) atoms. The van der Waals surface area contributed by atoms with Gasteiger partial charge in [0.15, 0.2) is 0 Å². The first-order valence-electron chi connectivity index (χ1n) is 7.64. The van der Waals surface area contributed by atoms with E-state index in [-0.39, 0.29) is 23.3 Å². The van der Waals surface area contributed by atoms with E-state index in [9.17, 15) is 13.2 Å². The van der Waals surface area contributed by atoms with Gasteiger partial charge >= 0.3 is 0 Å². The number of carbonyl (C=O) groups excluding carboxylic acids is 1. The lowest BCUT2D eigenvalue weighted by Crippen LogP contribution is -2.36. The predicted octanol–water partition coefficient (Wildman–Crippen LogP) is 2.02. The summed E-state index contributed by atoms with van der Waals surface area (Å²) >= 11 is 0. The first kappa shape index (κ1) is 15.3. The van der Waals surface area contributed by atoms with Gasteiger partial charge in [-0.25, -0.2) is 13.1 Å². The van der Waals surface area contributed by atoms with Gasteiger partial charge in [0.1, 0.15) is 5.75 Å². The lowest BCUT2D eigenvalue weighted by Gasteiger charge is -2.22. The molecule has 1 aliphatic heterocycles. The van der Waals surface area contributed by atoms with Crippen molar-refractivity contribution in [2.45, 2.75) is 49.5 Å². The van der Waals surface area contributed by atoms with E-state index in [4.69, 9.17) is 4.74 Å². The fourth-order valence-corrected chi connectivity index (χ4v) is 4.20. The number of sulfonamides is 1. The Hall–Kier alpha value is -1.60. The third-order valence-electron chi connectivity index (χ3n) is 4.05. The quantitative estimate of drug-likeness (QED) is 0.891. The van der Waals surface area contributed by atoms with Gasteiger partial charge in [0, 0.05) is 6.04 Å². The molecule has 7 heteroatoms. The zero-order valence-electron chi connectivity index (χ0n) is 12.3. The molecule has 0 bridgehead atoms. The smallest absolute Gasteiger partial charge is 0.240 e. The van der Waals surface area contributed by atoms with Crippen LogP contribution in [0, 0.1) is 0 Å². The second-order valence-electron chi connectivity index (χ2n) is 5.76. The summed E-state index contributed by atoms with van der Waals surface area (Å²) in [7, 11) is -3.58. The topological polar surface area (TPSA) is 84.5 Å². The zero-order valence-corrected chi connectivity index (χ0v) is 13.1. The van der Waals surface area contributed by atoms with Gasteiger partial charge in [0.2, 0.25) is 15.9 Å². The minimum atomic E-state index is -3.58. The molecule has 2 aliphatic rings. The summed E-state index contributed by atoms with van der Waals surface area (Å²) < 4.78 is 33.2. The SMILES string of the molecule is O=C1CCOc2ccc(S(=O)(=O)NC3CCCCC3)cc2N1. The van der Waals surface area contributed by atoms with Crippen LogP contribution in [0.2, 0.25) is 0 Å². The van der Waals surface area contributed by atoms with Gasteiger partial charge in [-0.1, -0.05) is 19.3 Å². The molecular formula is C15H20N2O4S. The van der Waals surface area contributed by atoms with Crippen molar-refractivity contribution in [1.82, 2.24) is 4.72 Å². The number of rotatable bonds is 3. The summed E-state index contributed by atoms with van der Waals surface area (Å²) in [4.78, 5) is 11.7. The highest BCUT2D eigenvalue weighted by atomic mass is 32.2. The molecule has 1 aromatic rings. The molecule has 0 unspecified atom stereocenters. The van der Waals surface area contributed by atoms with E-state index >= 15 is 0 Å². The van der Waals surface area contributed by atoms with Gasteiger partial charge in [-0.05, 0) is 31.0 Å². The molecule has 3 rings (SSSR count). The third kappa shape index (κ3) is 3.41. The van der Waals surface area contributed by atoms with E-state index in [1.54, 1.807) is 6.07 Å². The molecule has 1 saturated carbocycles. The Morgan fingerprint density at radius 1 is 1.18 bits per heavy atom. The molecule has 1 fully saturated rings. The monoisotopic (exact) mass is 324 g/mol. The number of carbonyl (C=O) groups is 1. The van der Waals surface area contributed by atoms with Gasteiger partial charge in [0.05, 0.1) is 23.6 Å². The van der Waals surface area contributed by atoms with Crippen LogP contribution in [-0.2, 0) is 14.8 Å². The fourth-order valence-electron chi connectivity index (χ4n) is 2.87. The molecule has 1 heterocycles. The van der Waals surface area contributed by atoms with Crippen molar-refractivity contribution in [3.63, 3.8) is 0 Å². The summed E-state index contributed by atoms with van der Waals surface area (Å²) in [5.41, 5.74) is 0.411. The highest BCUT2D eigenvalue weighted by Gasteiger charge is 2.23. The molecule has 0 atom stereocenters. The molecule has 1 aliphatic carbocycles. The Morgan fingerprint density at radius 2 is 1.95 bits per heavy atom. The number of hydrogen-bond donors (Lipinski definition) is 2. The zero-order chi connectivity index (χ0) is 15.6. The third-order valence-corrected chi connectivity index (χ3v) is 5.57. The van der Waals surface area contributed by atoms with Crippen LogP contribution in [0.1, 0.15) is 38.5 Å². The van der Waals surface area contributed by atoms with E-state index in [2.05, 4.69) is 10.0 Å². The van der Waals surface area contributed by atoms with Crippen LogP contribution in [0.15, 0.2) is 23.1 Å². The Kier molecular flexibility index (Phi) is 4.35. The summed E-state index contributed by atoms with van der Waals surface area (Å²) in [5, 5.41) is 2.68. The van der Waals surface area contributed by atoms with Crippen LogP contribution >= 0.6 is 0 Å². The second-order valence-corrected chi connectivity index (χ2v) is 7.47. The molecule has 1 amide bonds. The Morgan fingerprint density at radius 3 is 2.73 bits per heavy atom. The second kappa shape index (κ2) is 6.26. The number of ether oxygens (including phenoxy) is 1. The van der Waals surface area contributed by atoms with Crippen molar-refractivity contribution >= 4 is 21.6 Å². The molecular weight excluding hydrogens is 304 g/mol. The summed E-state index contributed by atoms with van der Waals surface area (Å²) in [6.45, 7) is 0.297. The Bertz CT molecular complexity index is 666. The van der Waals surface area contributed by atoms with E-state index < -0.39 is 10.0 Å². The molecule has 6 nitrogen and oxygen atoms in total. The number of benzene rings is 1. The standard InChI is InChI=1S/C15H20N2O4S/c18-15-8-9-21-14-7-6-12(10-13(14)16-15)22(19,20)17-11-4-2-1-3-5-11/h6-7,10-11,17H,1-5,8-9H2,(H,16,18). The first-order chi connectivity index (χ1) is 10.5. The normalized spacial score (nSPS) is 19.7. The van der Waals surface area contributed by atoms with Crippen LogP contribution in [-0.4, -0.2) is 27.0 Å². The fraction of sp³-hybridized carbons (Fsp3) is 0.533. The average Bonchev–Trinajstić information content (AvgIpc) is 2.67. The Labute approximate surface area is 130 Å². The van der Waals surface area contributed by atoms with Crippen molar-refractivity contribution < 1.29 is 17.9 Å². The minimum absolute atomic E-state index is 0.00315. The van der Waals surface area contributed by atoms with Crippen molar-refractivity contribution in [3.05, 3.63) is 18.2 Å². The van der Waals surface area contributed by atoms with Gasteiger partial charge in [-0.3, -0.25) is 4.79 Å². The summed E-state index contributed by atoms with van der Waals surface area (Å²) in [6, 6.07) is 4.57. The van der Waals surface area contributed by atoms with Crippen molar-refractivity contribution in [3.8, 4) is 5.75 Å². The van der Waals surface area contributed by atoms with Gasteiger partial charge in [-0.15, -0.1) is 0 Å². The highest BCUT2D eigenvalue weighted by Crippen LogP contribution is 2.30. The molecule has 0 aromatic heterocycles. The van der Waals surface area contributed by atoms with Crippen LogP contribution in [0.3, 0.4) is 0 Å². The van der Waals surface area contributed by atoms with Crippen molar-refractivity contribution in [1.29, 1.82) is 0 Å². The van der Waals surface area contributed by atoms with E-state index in [1.165, 1.54) is 18.6 Å². The minimum Gasteiger partial charge on any atom is -0.491 e. The molecule has 120 valence electrons. The van der Waals surface area contributed by atoms with Crippen LogP contribution < -0.4 is 14.8 Å². The summed E-state index contributed by atoms with van der Waals surface area (Å²) in [5.74, 6) is 0.330. The van der Waals surface area contributed by atoms with Crippen LogP contribution in [0.5, 0.6) is 5.75 Å². The maximum absolute atomic E-state index is 12.5. The van der Waals surface area contributed by atoms with Crippen LogP contribution in [0.4, 0.5) is 5.69 Å². The van der Waals surface area contributed by atoms with Gasteiger partial charge in [-0.2, -0.15) is 0 Å². The number of anilines is 1. The lowest BCUT2D eigenvalue weighted by atomic mass is 9.96. The van der Waals surface area contributed by atoms with Crippen molar-refractivity contribution in [2.24, 2.45) is 0 Å². The molecule has 0 saturated heterocycles. The molecule has 2 N–H and O–H groups in total. The number of hydrogen-bond acceptors (Lipinski definition) is 4. The van der Waals surface area contributed by atoms with Gasteiger partial charge in [0.25, 0.3) is 0 Å². The lowest BCUT2D eigenvalue weighted by molar-refractivity contribution is -0.116. The highest BCUT2D eigenvalue weighted by molar-refractivity contribution is 7.89. The average molecular weight is 324 g/mol. The largest absolute Gasteiger partial charge is 0.491 e. The maximum atomic E-state index is 12.5. The Balaban J connectivity index is 1.83. The number of amides is 1. The van der Waals surface area contributed by atoms with E-state index in [0.29, 0.717) is 18.0 Å². The number of nitrogens with one attached hydrogen (secondary N) is 2. The number of fused-ring (bicyclic) bond motifs is 1. The van der Waals surface area contributed by atoms with E-state index in [0.717, 1.165) is 25.7 Å². The maximum Gasteiger partial charge on any atom is 0.240 e. The van der Waals surface area contributed by atoms with E-state index in [1.807, 2.05) is 0 Å². The summed E-state index contributed by atoms with van der Waals surface area (Å²) in [6.07, 6.45) is 5.30. The van der Waals surface area contributed by atoms with Crippen molar-refractivity contribution in [2.75, 3.05) is 11.9 Å².